The lowest BCUT2D eigenvalue weighted by atomic mass is 9.73. The van der Waals surface area contributed by atoms with Crippen LogP contribution in [0, 0.1) is 5.41 Å². The number of hydrogen-bond donors (Lipinski definition) is 2. The van der Waals surface area contributed by atoms with Crippen molar-refractivity contribution in [2.45, 2.75) is 38.2 Å². The van der Waals surface area contributed by atoms with Gasteiger partial charge in [-0.3, -0.25) is 4.79 Å². The molecule has 2 rings (SSSR count). The molecule has 5 nitrogen and oxygen atoms in total. The van der Waals surface area contributed by atoms with E-state index in [1.54, 1.807) is 0 Å². The average Bonchev–Trinajstić information content (AvgIpc) is 2.47. The summed E-state index contributed by atoms with van der Waals surface area (Å²) in [6.45, 7) is 2.04. The number of carbonyl (C=O) groups excluding carboxylic acids is 1. The summed E-state index contributed by atoms with van der Waals surface area (Å²) in [4.78, 5) is 14.5. The van der Waals surface area contributed by atoms with E-state index >= 15 is 0 Å². The molecule has 0 aromatic carbocycles. The summed E-state index contributed by atoms with van der Waals surface area (Å²) in [5.41, 5.74) is 5.53. The van der Waals surface area contributed by atoms with Crippen molar-refractivity contribution in [1.82, 2.24) is 4.90 Å². The monoisotopic (exact) mass is 256 g/mol. The minimum Gasteiger partial charge on any atom is -0.394 e. The standard InChI is InChI=1S/C13H24N2O3/c14-10-13(4-2-1-3-5-13)12(17)15-6-7-18-11(8-15)9-16/h11,16H,1-10,14H2. The number of rotatable bonds is 3. The number of aliphatic hydroxyl groups is 1. The number of nitrogens with zero attached hydrogens (tertiary/aromatic N) is 1. The fourth-order valence-corrected chi connectivity index (χ4v) is 3.08. The van der Waals surface area contributed by atoms with Gasteiger partial charge >= 0.3 is 0 Å². The first-order chi connectivity index (χ1) is 8.72. The van der Waals surface area contributed by atoms with Gasteiger partial charge in [-0.05, 0) is 12.8 Å². The fourth-order valence-electron chi connectivity index (χ4n) is 3.08. The van der Waals surface area contributed by atoms with Crippen LogP contribution in [-0.4, -0.2) is 54.9 Å². The van der Waals surface area contributed by atoms with Crippen LogP contribution in [0.4, 0.5) is 0 Å². The van der Waals surface area contributed by atoms with Crippen LogP contribution in [0.2, 0.25) is 0 Å². The normalized spacial score (nSPS) is 28.1. The van der Waals surface area contributed by atoms with E-state index < -0.39 is 0 Å². The van der Waals surface area contributed by atoms with Gasteiger partial charge in [-0.1, -0.05) is 19.3 Å². The Morgan fingerprint density at radius 3 is 2.72 bits per heavy atom. The van der Waals surface area contributed by atoms with Crippen molar-refractivity contribution in [3.05, 3.63) is 0 Å². The largest absolute Gasteiger partial charge is 0.394 e. The zero-order chi connectivity index (χ0) is 13.0. The third-order valence-electron chi connectivity index (χ3n) is 4.28. The Morgan fingerprint density at radius 1 is 1.39 bits per heavy atom. The van der Waals surface area contributed by atoms with Crippen LogP contribution in [0.1, 0.15) is 32.1 Å². The molecule has 0 bridgehead atoms. The van der Waals surface area contributed by atoms with Crippen molar-refractivity contribution in [2.75, 3.05) is 32.8 Å². The molecule has 3 N–H and O–H groups in total. The summed E-state index contributed by atoms with van der Waals surface area (Å²) in [5, 5.41) is 9.13. The van der Waals surface area contributed by atoms with Gasteiger partial charge in [0, 0.05) is 19.6 Å². The van der Waals surface area contributed by atoms with Crippen LogP contribution in [-0.2, 0) is 9.53 Å². The molecule has 0 spiro atoms. The van der Waals surface area contributed by atoms with Gasteiger partial charge < -0.3 is 20.5 Å². The lowest BCUT2D eigenvalue weighted by Gasteiger charge is -2.41. The minimum absolute atomic E-state index is 0.0284. The molecule has 1 amide bonds. The first-order valence-corrected chi connectivity index (χ1v) is 6.94. The molecule has 5 heteroatoms. The minimum atomic E-state index is -0.352. The summed E-state index contributed by atoms with van der Waals surface area (Å²) in [6.07, 6.45) is 4.97. The van der Waals surface area contributed by atoms with Crippen LogP contribution < -0.4 is 5.73 Å². The van der Waals surface area contributed by atoms with Crippen molar-refractivity contribution in [3.8, 4) is 0 Å². The third-order valence-corrected chi connectivity index (χ3v) is 4.28. The zero-order valence-corrected chi connectivity index (χ0v) is 10.9. The van der Waals surface area contributed by atoms with Gasteiger partial charge in [0.25, 0.3) is 0 Å². The molecule has 1 atom stereocenters. The molecule has 1 heterocycles. The highest BCUT2D eigenvalue weighted by Gasteiger charge is 2.41. The summed E-state index contributed by atoms with van der Waals surface area (Å²) in [6, 6.07) is 0. The first kappa shape index (κ1) is 13.8. The highest BCUT2D eigenvalue weighted by atomic mass is 16.5. The number of carbonyl (C=O) groups is 1. The van der Waals surface area contributed by atoms with E-state index in [9.17, 15) is 4.79 Å². The zero-order valence-electron chi connectivity index (χ0n) is 10.9. The molecule has 1 saturated carbocycles. The van der Waals surface area contributed by atoms with Crippen molar-refractivity contribution < 1.29 is 14.6 Å². The molecule has 2 aliphatic rings. The Morgan fingerprint density at radius 2 is 2.11 bits per heavy atom. The molecule has 0 radical (unpaired) electrons. The smallest absolute Gasteiger partial charge is 0.230 e. The molecular weight excluding hydrogens is 232 g/mol. The summed E-state index contributed by atoms with van der Waals surface area (Å²) < 4.78 is 5.39. The van der Waals surface area contributed by atoms with Crippen molar-refractivity contribution in [2.24, 2.45) is 11.1 Å². The van der Waals surface area contributed by atoms with E-state index in [1.807, 2.05) is 4.90 Å². The highest BCUT2D eigenvalue weighted by Crippen LogP contribution is 2.37. The predicted molar refractivity (Wildman–Crippen MR) is 68.0 cm³/mol. The van der Waals surface area contributed by atoms with E-state index in [0.717, 1.165) is 25.7 Å². The Balaban J connectivity index is 2.04. The van der Waals surface area contributed by atoms with Crippen LogP contribution in [0.5, 0.6) is 0 Å². The van der Waals surface area contributed by atoms with Gasteiger partial charge in [0.15, 0.2) is 0 Å². The second kappa shape index (κ2) is 5.99. The van der Waals surface area contributed by atoms with E-state index in [4.69, 9.17) is 15.6 Å². The SMILES string of the molecule is NCC1(C(=O)N2CCOC(CO)C2)CCCCC1. The number of morpholine rings is 1. The Hall–Kier alpha value is -0.650. The summed E-state index contributed by atoms with van der Waals surface area (Å²) in [7, 11) is 0. The summed E-state index contributed by atoms with van der Waals surface area (Å²) in [5.74, 6) is 0.173. The molecule has 1 aliphatic carbocycles. The quantitative estimate of drug-likeness (QED) is 0.752. The van der Waals surface area contributed by atoms with E-state index in [0.29, 0.717) is 26.2 Å². The van der Waals surface area contributed by atoms with E-state index in [2.05, 4.69) is 0 Å². The van der Waals surface area contributed by atoms with Crippen LogP contribution >= 0.6 is 0 Å². The molecular formula is C13H24N2O3. The van der Waals surface area contributed by atoms with E-state index in [1.165, 1.54) is 6.42 Å². The maximum absolute atomic E-state index is 12.7. The number of aliphatic hydroxyl groups excluding tert-OH is 1. The van der Waals surface area contributed by atoms with Crippen LogP contribution in [0.3, 0.4) is 0 Å². The third kappa shape index (κ3) is 2.68. The van der Waals surface area contributed by atoms with Crippen molar-refractivity contribution in [1.29, 1.82) is 0 Å². The maximum atomic E-state index is 12.7. The van der Waals surface area contributed by atoms with Gasteiger partial charge in [0.2, 0.25) is 5.91 Å². The van der Waals surface area contributed by atoms with Crippen LogP contribution in [0.15, 0.2) is 0 Å². The Bertz CT molecular complexity index is 290. The fraction of sp³-hybridized carbons (Fsp3) is 0.923. The molecule has 104 valence electrons. The number of ether oxygens (including phenoxy) is 1. The molecule has 2 fully saturated rings. The number of amides is 1. The highest BCUT2D eigenvalue weighted by molar-refractivity contribution is 5.83. The second-order valence-electron chi connectivity index (χ2n) is 5.47. The lowest BCUT2D eigenvalue weighted by molar-refractivity contribution is -0.152. The molecule has 1 saturated heterocycles. The van der Waals surface area contributed by atoms with Crippen molar-refractivity contribution in [3.63, 3.8) is 0 Å². The molecule has 1 unspecified atom stereocenters. The Kier molecular flexibility index (Phi) is 4.59. The Labute approximate surface area is 108 Å². The first-order valence-electron chi connectivity index (χ1n) is 6.94. The van der Waals surface area contributed by atoms with Gasteiger partial charge in [-0.25, -0.2) is 0 Å². The maximum Gasteiger partial charge on any atom is 0.230 e. The molecule has 0 aromatic rings. The lowest BCUT2D eigenvalue weighted by Crippen LogP contribution is -2.54. The second-order valence-corrected chi connectivity index (χ2v) is 5.47. The van der Waals surface area contributed by atoms with E-state index in [-0.39, 0.29) is 24.0 Å². The van der Waals surface area contributed by atoms with Gasteiger partial charge in [0.05, 0.1) is 24.7 Å². The number of hydrogen-bond acceptors (Lipinski definition) is 4. The van der Waals surface area contributed by atoms with Crippen molar-refractivity contribution >= 4 is 5.91 Å². The molecule has 0 aromatic heterocycles. The summed E-state index contributed by atoms with van der Waals surface area (Å²) >= 11 is 0. The predicted octanol–water partition coefficient (Wildman–Crippen LogP) is 0.115. The van der Waals surface area contributed by atoms with Crippen LogP contribution in [0.25, 0.3) is 0 Å². The molecule has 18 heavy (non-hydrogen) atoms. The number of nitrogens with two attached hydrogens (primary N) is 1. The van der Waals surface area contributed by atoms with Gasteiger partial charge in [-0.15, -0.1) is 0 Å². The van der Waals surface area contributed by atoms with Gasteiger partial charge in [0.1, 0.15) is 0 Å². The molecule has 1 aliphatic heterocycles. The topological polar surface area (TPSA) is 75.8 Å². The average molecular weight is 256 g/mol. The van der Waals surface area contributed by atoms with Gasteiger partial charge in [-0.2, -0.15) is 0 Å².